The first-order valence-electron chi connectivity index (χ1n) is 9.03. The van der Waals surface area contributed by atoms with Crippen molar-refractivity contribution in [1.29, 1.82) is 0 Å². The summed E-state index contributed by atoms with van der Waals surface area (Å²) in [6.07, 6.45) is 0. The molecule has 2 aromatic carbocycles. The summed E-state index contributed by atoms with van der Waals surface area (Å²) in [6, 6.07) is 15.5. The molecule has 1 aromatic heterocycles. The molecule has 27 heavy (non-hydrogen) atoms. The minimum absolute atomic E-state index is 0.0711. The molecule has 0 N–H and O–H groups in total. The van der Waals surface area contributed by atoms with E-state index < -0.39 is 0 Å². The molecule has 0 saturated carbocycles. The van der Waals surface area contributed by atoms with E-state index in [1.807, 2.05) is 60.4 Å². The van der Waals surface area contributed by atoms with Crippen LogP contribution in [0.25, 0.3) is 11.0 Å². The smallest absolute Gasteiger partial charge is 0.241 e. The maximum absolute atomic E-state index is 12.8. The maximum atomic E-state index is 12.8. The monoisotopic (exact) mass is 380 g/mol. The Morgan fingerprint density at radius 3 is 2.59 bits per heavy atom. The van der Waals surface area contributed by atoms with E-state index in [0.29, 0.717) is 24.7 Å². The first-order chi connectivity index (χ1) is 13.0. The van der Waals surface area contributed by atoms with E-state index in [-0.39, 0.29) is 11.9 Å². The van der Waals surface area contributed by atoms with Crippen LogP contribution in [-0.4, -0.2) is 39.9 Å². The molecule has 0 spiro atoms. The average molecular weight is 381 g/mol. The van der Waals surface area contributed by atoms with Gasteiger partial charge in [-0.25, -0.2) is 9.97 Å². The number of amides is 1. The predicted molar refractivity (Wildman–Crippen MR) is 108 cm³/mol. The Morgan fingerprint density at radius 2 is 1.85 bits per heavy atom. The number of para-hydroxylation sites is 2. The highest BCUT2D eigenvalue weighted by molar-refractivity contribution is 6.30. The molecule has 138 valence electrons. The van der Waals surface area contributed by atoms with Gasteiger partial charge in [-0.05, 0) is 44.2 Å². The fraction of sp³-hybridized carbons (Fsp3) is 0.286. The number of anilines is 1. The van der Waals surface area contributed by atoms with E-state index >= 15 is 0 Å². The number of rotatable bonds is 3. The summed E-state index contributed by atoms with van der Waals surface area (Å²) in [5.41, 5.74) is 4.46. The zero-order chi connectivity index (χ0) is 19.0. The first-order valence-corrected chi connectivity index (χ1v) is 9.41. The number of aryl methyl sites for hydroxylation is 1. The zero-order valence-electron chi connectivity index (χ0n) is 15.4. The molecule has 1 fully saturated rings. The minimum atomic E-state index is 0.0711. The third-order valence-corrected chi connectivity index (χ3v) is 5.26. The number of carbonyl (C=O) groups is 1. The molecule has 3 aromatic rings. The number of nitrogens with zero attached hydrogens (tertiary/aromatic N) is 4. The number of halogens is 1. The number of hydrogen-bond acceptors (Lipinski definition) is 4. The molecular formula is C21H21ClN4O. The van der Waals surface area contributed by atoms with Gasteiger partial charge in [-0.1, -0.05) is 29.8 Å². The van der Waals surface area contributed by atoms with Crippen molar-refractivity contribution in [3.05, 3.63) is 64.9 Å². The normalized spacial score (nSPS) is 18.3. The number of piperazine rings is 1. The van der Waals surface area contributed by atoms with Gasteiger partial charge in [0.25, 0.3) is 0 Å². The Labute approximate surface area is 163 Å². The Kier molecular flexibility index (Phi) is 4.81. The van der Waals surface area contributed by atoms with Crippen molar-refractivity contribution in [1.82, 2.24) is 14.9 Å². The standard InChI is InChI=1S/C21H21ClN4O/c1-14-11-26(17-7-5-6-16(22)10-17)21(27)13-25(14)12-20-15(2)23-18-8-3-4-9-19(18)24-20/h3-10,14H,11-13H2,1-2H3/t14-/m1/s1. The molecule has 1 aliphatic heterocycles. The van der Waals surface area contributed by atoms with Crippen LogP contribution in [0, 0.1) is 6.92 Å². The quantitative estimate of drug-likeness (QED) is 0.693. The molecule has 1 saturated heterocycles. The first kappa shape index (κ1) is 17.9. The van der Waals surface area contributed by atoms with Crippen LogP contribution in [0.2, 0.25) is 5.02 Å². The number of fused-ring (bicyclic) bond motifs is 1. The van der Waals surface area contributed by atoms with Crippen LogP contribution in [0.15, 0.2) is 48.5 Å². The van der Waals surface area contributed by atoms with E-state index in [9.17, 15) is 4.79 Å². The minimum Gasteiger partial charge on any atom is -0.310 e. The van der Waals surface area contributed by atoms with Crippen molar-refractivity contribution >= 4 is 34.2 Å². The lowest BCUT2D eigenvalue weighted by molar-refractivity contribution is -0.122. The van der Waals surface area contributed by atoms with Gasteiger partial charge in [0, 0.05) is 29.8 Å². The van der Waals surface area contributed by atoms with Gasteiger partial charge >= 0.3 is 0 Å². The molecule has 0 aliphatic carbocycles. The van der Waals surface area contributed by atoms with Gasteiger partial charge in [0.05, 0.1) is 29.0 Å². The van der Waals surface area contributed by atoms with Gasteiger partial charge in [-0.3, -0.25) is 9.69 Å². The fourth-order valence-corrected chi connectivity index (χ4v) is 3.65. The average Bonchev–Trinajstić information content (AvgIpc) is 2.65. The van der Waals surface area contributed by atoms with Crippen LogP contribution in [0.4, 0.5) is 5.69 Å². The van der Waals surface area contributed by atoms with Gasteiger partial charge in [-0.2, -0.15) is 0 Å². The molecule has 5 nitrogen and oxygen atoms in total. The molecule has 2 heterocycles. The number of benzene rings is 2. The van der Waals surface area contributed by atoms with Crippen molar-refractivity contribution in [2.45, 2.75) is 26.4 Å². The largest absolute Gasteiger partial charge is 0.310 e. The Bertz CT molecular complexity index is 1010. The second-order valence-electron chi connectivity index (χ2n) is 6.98. The Morgan fingerprint density at radius 1 is 1.11 bits per heavy atom. The molecule has 1 atom stereocenters. The van der Waals surface area contributed by atoms with Crippen molar-refractivity contribution in [3.63, 3.8) is 0 Å². The summed E-state index contributed by atoms with van der Waals surface area (Å²) in [4.78, 5) is 26.2. The van der Waals surface area contributed by atoms with Gasteiger partial charge in [-0.15, -0.1) is 0 Å². The SMILES string of the molecule is Cc1nc2ccccc2nc1CN1CC(=O)N(c2cccc(Cl)c2)C[C@H]1C. The van der Waals surface area contributed by atoms with Crippen molar-refractivity contribution < 1.29 is 4.79 Å². The van der Waals surface area contributed by atoms with Crippen LogP contribution < -0.4 is 4.90 Å². The maximum Gasteiger partial charge on any atom is 0.241 e. The number of hydrogen-bond donors (Lipinski definition) is 0. The van der Waals surface area contributed by atoms with Crippen molar-refractivity contribution in [2.75, 3.05) is 18.0 Å². The van der Waals surface area contributed by atoms with Crippen LogP contribution in [0.3, 0.4) is 0 Å². The lowest BCUT2D eigenvalue weighted by Crippen LogP contribution is -2.55. The Hall–Kier alpha value is -2.50. The molecule has 1 aliphatic rings. The van der Waals surface area contributed by atoms with E-state index in [2.05, 4.69) is 16.8 Å². The Balaban J connectivity index is 1.55. The highest BCUT2D eigenvalue weighted by Crippen LogP contribution is 2.24. The molecule has 0 unspecified atom stereocenters. The van der Waals surface area contributed by atoms with Crippen LogP contribution >= 0.6 is 11.6 Å². The van der Waals surface area contributed by atoms with E-state index in [4.69, 9.17) is 16.6 Å². The van der Waals surface area contributed by atoms with E-state index in [1.165, 1.54) is 0 Å². The van der Waals surface area contributed by atoms with E-state index in [1.54, 1.807) is 0 Å². The summed E-state index contributed by atoms with van der Waals surface area (Å²) in [6.45, 7) is 5.69. The number of carbonyl (C=O) groups excluding carboxylic acids is 1. The fourth-order valence-electron chi connectivity index (χ4n) is 3.47. The van der Waals surface area contributed by atoms with Crippen LogP contribution in [-0.2, 0) is 11.3 Å². The van der Waals surface area contributed by atoms with Crippen molar-refractivity contribution in [2.24, 2.45) is 0 Å². The van der Waals surface area contributed by atoms with Crippen LogP contribution in [0.1, 0.15) is 18.3 Å². The molecule has 6 heteroatoms. The van der Waals surface area contributed by atoms with Crippen molar-refractivity contribution in [3.8, 4) is 0 Å². The summed E-state index contributed by atoms with van der Waals surface area (Å²) in [5, 5.41) is 0.637. The summed E-state index contributed by atoms with van der Waals surface area (Å²) >= 11 is 6.09. The second kappa shape index (κ2) is 7.25. The van der Waals surface area contributed by atoms with Gasteiger partial charge in [0.2, 0.25) is 5.91 Å². The van der Waals surface area contributed by atoms with E-state index in [0.717, 1.165) is 28.1 Å². The summed E-state index contributed by atoms with van der Waals surface area (Å²) in [7, 11) is 0. The lowest BCUT2D eigenvalue weighted by Gasteiger charge is -2.39. The molecule has 0 radical (unpaired) electrons. The summed E-state index contributed by atoms with van der Waals surface area (Å²) in [5.74, 6) is 0.0711. The summed E-state index contributed by atoms with van der Waals surface area (Å²) < 4.78 is 0. The topological polar surface area (TPSA) is 49.3 Å². The predicted octanol–water partition coefficient (Wildman–Crippen LogP) is 3.83. The molecule has 0 bridgehead atoms. The highest BCUT2D eigenvalue weighted by Gasteiger charge is 2.31. The second-order valence-corrected chi connectivity index (χ2v) is 7.42. The third-order valence-electron chi connectivity index (χ3n) is 5.03. The molecular weight excluding hydrogens is 360 g/mol. The molecule has 1 amide bonds. The number of aromatic nitrogens is 2. The van der Waals surface area contributed by atoms with Gasteiger partial charge in [0.15, 0.2) is 0 Å². The highest BCUT2D eigenvalue weighted by atomic mass is 35.5. The van der Waals surface area contributed by atoms with Crippen LogP contribution in [0.5, 0.6) is 0 Å². The van der Waals surface area contributed by atoms with Gasteiger partial charge < -0.3 is 4.90 Å². The lowest BCUT2D eigenvalue weighted by atomic mass is 10.1. The van der Waals surface area contributed by atoms with Gasteiger partial charge in [0.1, 0.15) is 0 Å². The molecule has 4 rings (SSSR count). The zero-order valence-corrected chi connectivity index (χ0v) is 16.1. The third kappa shape index (κ3) is 3.66.